The average Bonchev–Trinajstić information content (AvgIpc) is 3.19. The minimum Gasteiger partial charge on any atom is -0.504 e. The van der Waals surface area contributed by atoms with E-state index in [0.29, 0.717) is 0 Å². The molecular formula is C21H11ClF6N2O4. The van der Waals surface area contributed by atoms with E-state index in [-0.39, 0.29) is 22.7 Å². The maximum absolute atomic E-state index is 13.7. The van der Waals surface area contributed by atoms with Crippen LogP contribution in [0, 0.1) is 0 Å². The first-order chi connectivity index (χ1) is 15.8. The fourth-order valence-electron chi connectivity index (χ4n) is 3.32. The van der Waals surface area contributed by atoms with Crippen molar-refractivity contribution in [3.63, 3.8) is 0 Å². The second kappa shape index (κ2) is 7.97. The molecule has 0 aliphatic rings. The third-order valence-corrected chi connectivity index (χ3v) is 5.27. The normalized spacial score (nSPS) is 12.4. The molecule has 6 nitrogen and oxygen atoms in total. The number of fused-ring (bicyclic) bond motifs is 1. The Hall–Kier alpha value is -3.67. The molecule has 4 aromatic rings. The van der Waals surface area contributed by atoms with Crippen LogP contribution in [-0.4, -0.2) is 20.0 Å². The highest BCUT2D eigenvalue weighted by Crippen LogP contribution is 2.41. The van der Waals surface area contributed by atoms with E-state index < -0.39 is 57.1 Å². The van der Waals surface area contributed by atoms with Crippen LogP contribution >= 0.6 is 11.6 Å². The second-order valence-electron chi connectivity index (χ2n) is 7.17. The monoisotopic (exact) mass is 504 g/mol. The molecule has 0 atom stereocenters. The summed E-state index contributed by atoms with van der Waals surface area (Å²) in [6.07, 6.45) is -7.88. The number of hydrogen-bond donors (Lipinski definition) is 2. The molecule has 2 aromatic carbocycles. The van der Waals surface area contributed by atoms with E-state index >= 15 is 0 Å². The van der Waals surface area contributed by atoms with Crippen LogP contribution < -0.4 is 5.43 Å². The summed E-state index contributed by atoms with van der Waals surface area (Å²) in [6.45, 7) is -0.336. The Morgan fingerprint density at radius 2 is 1.74 bits per heavy atom. The Balaban J connectivity index is 1.84. The van der Waals surface area contributed by atoms with Gasteiger partial charge in [0.25, 0.3) is 0 Å². The van der Waals surface area contributed by atoms with Gasteiger partial charge < -0.3 is 14.6 Å². The molecule has 0 amide bonds. The van der Waals surface area contributed by atoms with Gasteiger partial charge in [-0.05, 0) is 35.9 Å². The predicted molar refractivity (Wildman–Crippen MR) is 108 cm³/mol. The lowest BCUT2D eigenvalue weighted by molar-refractivity contribution is -0.152. The first-order valence-corrected chi connectivity index (χ1v) is 9.62. The van der Waals surface area contributed by atoms with Gasteiger partial charge in [0.05, 0.1) is 29.3 Å². The molecule has 34 heavy (non-hydrogen) atoms. The third kappa shape index (κ3) is 4.16. The van der Waals surface area contributed by atoms with Crippen molar-refractivity contribution in [3.8, 4) is 22.6 Å². The molecule has 0 spiro atoms. The second-order valence-corrected chi connectivity index (χ2v) is 7.58. The van der Waals surface area contributed by atoms with E-state index in [1.54, 1.807) is 0 Å². The van der Waals surface area contributed by atoms with Crippen LogP contribution in [0.5, 0.6) is 11.5 Å². The van der Waals surface area contributed by atoms with E-state index in [1.807, 2.05) is 0 Å². The van der Waals surface area contributed by atoms with Crippen molar-refractivity contribution in [1.82, 2.24) is 9.78 Å². The summed E-state index contributed by atoms with van der Waals surface area (Å²) in [5, 5.41) is 22.8. The summed E-state index contributed by atoms with van der Waals surface area (Å²) in [4.78, 5) is 12.9. The number of halogens is 7. The molecule has 0 saturated heterocycles. The van der Waals surface area contributed by atoms with Gasteiger partial charge in [-0.1, -0.05) is 11.6 Å². The molecule has 0 aliphatic heterocycles. The molecule has 0 unspecified atom stereocenters. The molecule has 2 aromatic heterocycles. The number of nitrogens with zero attached hydrogens (tertiary/aromatic N) is 2. The van der Waals surface area contributed by atoms with Crippen molar-refractivity contribution < 1.29 is 41.0 Å². The van der Waals surface area contributed by atoms with E-state index in [9.17, 15) is 41.4 Å². The lowest BCUT2D eigenvalue weighted by Gasteiger charge is -2.12. The van der Waals surface area contributed by atoms with Gasteiger partial charge in [0.2, 0.25) is 16.9 Å². The van der Waals surface area contributed by atoms with E-state index in [1.165, 1.54) is 0 Å². The first-order valence-electron chi connectivity index (χ1n) is 9.24. The summed E-state index contributed by atoms with van der Waals surface area (Å²) in [6, 6.07) is 4.48. The average molecular weight is 505 g/mol. The third-order valence-electron chi connectivity index (χ3n) is 4.90. The van der Waals surface area contributed by atoms with Crippen molar-refractivity contribution in [2.24, 2.45) is 0 Å². The topological polar surface area (TPSA) is 88.5 Å². The van der Waals surface area contributed by atoms with Gasteiger partial charge >= 0.3 is 12.4 Å². The van der Waals surface area contributed by atoms with Gasteiger partial charge in [0.1, 0.15) is 0 Å². The van der Waals surface area contributed by atoms with Crippen LogP contribution in [0.4, 0.5) is 26.3 Å². The fraction of sp³-hybridized carbons (Fsp3) is 0.143. The smallest absolute Gasteiger partial charge is 0.450 e. The minimum absolute atomic E-state index is 0.00636. The maximum Gasteiger partial charge on any atom is 0.450 e. The van der Waals surface area contributed by atoms with Crippen molar-refractivity contribution in [1.29, 1.82) is 0 Å². The lowest BCUT2D eigenvalue weighted by atomic mass is 10.0. The largest absolute Gasteiger partial charge is 0.504 e. The Kier molecular flexibility index (Phi) is 5.51. The summed E-state index contributed by atoms with van der Waals surface area (Å²) < 4.78 is 85.9. The number of phenolic OH excluding ortho intramolecular Hbond substituents is 2. The van der Waals surface area contributed by atoms with Crippen LogP contribution in [0.1, 0.15) is 16.9 Å². The van der Waals surface area contributed by atoms with Crippen LogP contribution in [0.2, 0.25) is 5.02 Å². The molecular weight excluding hydrogens is 494 g/mol. The molecule has 2 heterocycles. The number of hydrogen-bond acceptors (Lipinski definition) is 5. The molecule has 4 rings (SSSR count). The molecule has 0 bridgehead atoms. The Morgan fingerprint density at radius 3 is 2.38 bits per heavy atom. The van der Waals surface area contributed by atoms with E-state index in [0.717, 1.165) is 47.4 Å². The standard InChI is InChI=1S/C21H11ClF6N2O4/c22-13-3-1-11(20(23,24)25)5-9(13)7-30-8-10(6-29-30)15-16(32)12-2-4-14(31)17(33)18(12)34-19(15)21(26,27)28/h1-6,8,31,33H,7H2. The molecule has 0 fully saturated rings. The number of benzene rings is 2. The highest BCUT2D eigenvalue weighted by atomic mass is 35.5. The molecule has 0 radical (unpaired) electrons. The predicted octanol–water partition coefficient (Wildman–Crippen LogP) is 5.81. The lowest BCUT2D eigenvalue weighted by Crippen LogP contribution is -2.16. The Bertz CT molecular complexity index is 1470. The molecule has 2 N–H and O–H groups in total. The zero-order chi connectivity index (χ0) is 25.0. The molecule has 178 valence electrons. The number of alkyl halides is 6. The van der Waals surface area contributed by atoms with Crippen LogP contribution in [-0.2, 0) is 18.9 Å². The number of phenols is 2. The number of rotatable bonds is 3. The van der Waals surface area contributed by atoms with Gasteiger partial charge in [0, 0.05) is 16.8 Å². The molecule has 0 saturated carbocycles. The van der Waals surface area contributed by atoms with Gasteiger partial charge in [0.15, 0.2) is 11.3 Å². The zero-order valence-electron chi connectivity index (χ0n) is 16.5. The van der Waals surface area contributed by atoms with E-state index in [4.69, 9.17) is 16.0 Å². The first kappa shape index (κ1) is 23.5. The Morgan fingerprint density at radius 1 is 1.03 bits per heavy atom. The van der Waals surface area contributed by atoms with Crippen LogP contribution in [0.3, 0.4) is 0 Å². The SMILES string of the molecule is O=c1c(-c2cnn(Cc3cc(C(F)(F)F)ccc3Cl)c2)c(C(F)(F)F)oc2c(O)c(O)ccc12. The minimum atomic E-state index is -5.17. The fourth-order valence-corrected chi connectivity index (χ4v) is 3.50. The maximum atomic E-state index is 13.7. The molecule has 13 heteroatoms. The quantitative estimate of drug-likeness (QED) is 0.272. The van der Waals surface area contributed by atoms with E-state index in [2.05, 4.69) is 5.10 Å². The van der Waals surface area contributed by atoms with Gasteiger partial charge in [-0.2, -0.15) is 31.4 Å². The summed E-state index contributed by atoms with van der Waals surface area (Å²) >= 11 is 5.96. The highest BCUT2D eigenvalue weighted by molar-refractivity contribution is 6.31. The Labute approximate surface area is 190 Å². The highest BCUT2D eigenvalue weighted by Gasteiger charge is 2.40. The molecule has 0 aliphatic carbocycles. The van der Waals surface area contributed by atoms with Crippen molar-refractivity contribution in [2.75, 3.05) is 0 Å². The van der Waals surface area contributed by atoms with Crippen molar-refractivity contribution in [2.45, 2.75) is 18.9 Å². The summed E-state index contributed by atoms with van der Waals surface area (Å²) in [5.41, 5.74) is -4.26. The van der Waals surface area contributed by atoms with Crippen LogP contribution in [0.25, 0.3) is 22.1 Å². The summed E-state index contributed by atoms with van der Waals surface area (Å²) in [7, 11) is 0. The number of aromatic nitrogens is 2. The van der Waals surface area contributed by atoms with Crippen molar-refractivity contribution in [3.05, 3.63) is 74.9 Å². The van der Waals surface area contributed by atoms with Crippen molar-refractivity contribution >= 4 is 22.6 Å². The number of aromatic hydroxyl groups is 2. The van der Waals surface area contributed by atoms with Gasteiger partial charge in [-0.15, -0.1) is 0 Å². The van der Waals surface area contributed by atoms with Crippen LogP contribution in [0.15, 0.2) is 51.9 Å². The van der Waals surface area contributed by atoms with Gasteiger partial charge in [-0.25, -0.2) is 0 Å². The zero-order valence-corrected chi connectivity index (χ0v) is 17.3. The summed E-state index contributed by atoms with van der Waals surface area (Å²) in [5.74, 6) is -3.58. The van der Waals surface area contributed by atoms with Gasteiger partial charge in [-0.3, -0.25) is 9.48 Å².